The Bertz CT molecular complexity index is 2250. The first-order valence-electron chi connectivity index (χ1n) is 19.2. The van der Waals surface area contributed by atoms with Gasteiger partial charge in [-0.2, -0.15) is 0 Å². The molecule has 10 nitrogen and oxygen atoms in total. The molecule has 0 spiro atoms. The minimum absolute atomic E-state index is 0.240. The number of likely N-dealkylation sites (tertiary alicyclic amines) is 2. The van der Waals surface area contributed by atoms with E-state index >= 15 is 0 Å². The zero-order chi connectivity index (χ0) is 38.5. The largest absolute Gasteiger partial charge is 0.370 e. The summed E-state index contributed by atoms with van der Waals surface area (Å²) < 4.78 is 58.0. The van der Waals surface area contributed by atoms with Gasteiger partial charge in [0.15, 0.2) is 0 Å². The molecule has 0 bridgehead atoms. The number of hydrogen-bond donors (Lipinski definition) is 3. The Balaban J connectivity index is 0.000000184. The third-order valence-electron chi connectivity index (χ3n) is 11.1. The third-order valence-corrected chi connectivity index (χ3v) is 11.1. The maximum absolute atomic E-state index is 14.1. The van der Waals surface area contributed by atoms with E-state index in [2.05, 4.69) is 32.6 Å². The predicted molar refractivity (Wildman–Crippen MR) is 207 cm³/mol. The lowest BCUT2D eigenvalue weighted by atomic mass is 10.0. The number of nitrogens with two attached hydrogens (primary N) is 1. The molecular weight excluding hydrogens is 712 g/mol. The van der Waals surface area contributed by atoms with Crippen LogP contribution in [0.1, 0.15) is 43.4 Å². The van der Waals surface area contributed by atoms with Crippen LogP contribution in [0.2, 0.25) is 0 Å². The topological polar surface area (TPSA) is 113 Å². The Morgan fingerprint density at radius 1 is 0.709 bits per heavy atom. The van der Waals surface area contributed by atoms with Crippen LogP contribution in [0.25, 0.3) is 21.8 Å². The second kappa shape index (κ2) is 17.4. The van der Waals surface area contributed by atoms with Crippen molar-refractivity contribution in [3.05, 3.63) is 116 Å². The molecular formula is C41H48F4N8O2. The Labute approximate surface area is 316 Å². The quantitative estimate of drug-likeness (QED) is 0.180. The van der Waals surface area contributed by atoms with E-state index in [1.54, 1.807) is 0 Å². The summed E-state index contributed by atoms with van der Waals surface area (Å²) in [4.78, 5) is 33.7. The van der Waals surface area contributed by atoms with Crippen LogP contribution in [-0.4, -0.2) is 81.8 Å². The van der Waals surface area contributed by atoms with Crippen LogP contribution in [0, 0.1) is 23.3 Å². The normalized spacial score (nSPS) is 17.2. The number of fused-ring (bicyclic) bond motifs is 3. The van der Waals surface area contributed by atoms with Crippen molar-refractivity contribution in [2.75, 3.05) is 51.1 Å². The van der Waals surface area contributed by atoms with Crippen LogP contribution in [-0.2, 0) is 26.1 Å². The number of hydrogen-bond acceptors (Lipinski definition) is 8. The molecule has 0 unspecified atom stereocenters. The van der Waals surface area contributed by atoms with E-state index in [0.717, 1.165) is 101 Å². The van der Waals surface area contributed by atoms with E-state index < -0.39 is 23.3 Å². The molecule has 5 aromatic rings. The Morgan fingerprint density at radius 2 is 1.25 bits per heavy atom. The molecule has 3 aromatic heterocycles. The lowest BCUT2D eigenvalue weighted by Gasteiger charge is -2.32. The highest BCUT2D eigenvalue weighted by Gasteiger charge is 2.21. The summed E-state index contributed by atoms with van der Waals surface area (Å²) in [5.74, 6) is -1.61. The molecule has 0 aliphatic carbocycles. The average Bonchev–Trinajstić information content (AvgIpc) is 3.17. The Hall–Kier alpha value is -4.63. The van der Waals surface area contributed by atoms with Gasteiger partial charge in [0.25, 0.3) is 11.1 Å². The molecule has 14 heteroatoms. The lowest BCUT2D eigenvalue weighted by molar-refractivity contribution is 0.191. The van der Waals surface area contributed by atoms with E-state index in [4.69, 9.17) is 10.7 Å². The second-order valence-corrected chi connectivity index (χ2v) is 14.8. The van der Waals surface area contributed by atoms with Crippen LogP contribution in [0.4, 0.5) is 23.4 Å². The van der Waals surface area contributed by atoms with Gasteiger partial charge in [-0.15, -0.1) is 0 Å². The molecule has 0 saturated carbocycles. The molecule has 55 heavy (non-hydrogen) atoms. The molecule has 3 aliphatic heterocycles. The number of piperidine rings is 2. The molecule has 8 rings (SSSR count). The number of rotatable bonds is 9. The highest BCUT2D eigenvalue weighted by molar-refractivity contribution is 5.80. The van der Waals surface area contributed by atoms with Gasteiger partial charge in [0.1, 0.15) is 29.1 Å². The highest BCUT2D eigenvalue weighted by atomic mass is 19.1. The van der Waals surface area contributed by atoms with Crippen molar-refractivity contribution in [2.24, 2.45) is 5.73 Å². The van der Waals surface area contributed by atoms with Gasteiger partial charge in [-0.25, -0.2) is 22.5 Å². The van der Waals surface area contributed by atoms with Crippen LogP contribution >= 0.6 is 0 Å². The maximum atomic E-state index is 14.1. The number of nitrogens with one attached hydrogen (secondary N) is 2. The van der Waals surface area contributed by atoms with Crippen LogP contribution in [0.3, 0.4) is 0 Å². The first kappa shape index (κ1) is 38.6. The van der Waals surface area contributed by atoms with Gasteiger partial charge in [0.2, 0.25) is 0 Å². The lowest BCUT2D eigenvalue weighted by Crippen LogP contribution is -2.43. The van der Waals surface area contributed by atoms with Crippen LogP contribution in [0.5, 0.6) is 0 Å². The van der Waals surface area contributed by atoms with Gasteiger partial charge in [-0.05, 0) is 101 Å². The Morgan fingerprint density at radius 3 is 1.82 bits per heavy atom. The van der Waals surface area contributed by atoms with Crippen molar-refractivity contribution < 1.29 is 17.6 Å². The number of anilines is 1. The summed E-state index contributed by atoms with van der Waals surface area (Å²) in [6.07, 6.45) is 6.15. The monoisotopic (exact) mass is 760 g/mol. The number of aryl methyl sites for hydroxylation is 1. The summed E-state index contributed by atoms with van der Waals surface area (Å²) in [6.45, 7) is 7.51. The van der Waals surface area contributed by atoms with E-state index in [1.165, 1.54) is 51.1 Å². The van der Waals surface area contributed by atoms with E-state index in [0.29, 0.717) is 43.3 Å². The molecule has 6 heterocycles. The number of halogens is 4. The van der Waals surface area contributed by atoms with Crippen molar-refractivity contribution in [1.29, 1.82) is 0 Å². The fourth-order valence-corrected chi connectivity index (χ4v) is 7.84. The maximum Gasteiger partial charge on any atom is 0.251 e. The van der Waals surface area contributed by atoms with Gasteiger partial charge in [0, 0.05) is 86.4 Å². The van der Waals surface area contributed by atoms with Crippen molar-refractivity contribution in [1.82, 2.24) is 29.2 Å². The number of pyridine rings is 3. The molecule has 2 fully saturated rings. The number of benzene rings is 2. The highest BCUT2D eigenvalue weighted by Crippen LogP contribution is 2.22. The average molecular weight is 761 g/mol. The van der Waals surface area contributed by atoms with Crippen molar-refractivity contribution in [2.45, 2.75) is 70.2 Å². The molecule has 0 radical (unpaired) electrons. The summed E-state index contributed by atoms with van der Waals surface area (Å²) in [5.41, 5.74) is 8.36. The minimum Gasteiger partial charge on any atom is -0.370 e. The van der Waals surface area contributed by atoms with Gasteiger partial charge in [-0.1, -0.05) is 6.07 Å². The number of nitrogens with zero attached hydrogens (tertiary/aromatic N) is 5. The van der Waals surface area contributed by atoms with E-state index in [-0.39, 0.29) is 27.9 Å². The molecule has 0 atom stereocenters. The molecule has 4 N–H and O–H groups in total. The van der Waals surface area contributed by atoms with Gasteiger partial charge in [-0.3, -0.25) is 9.59 Å². The predicted octanol–water partition coefficient (Wildman–Crippen LogP) is 4.99. The molecule has 292 valence electrons. The molecule has 3 aliphatic rings. The SMILES string of the molecule is NC1CCN(CCn2c(=O)ccc3c(F)cc(F)cc32)CC1.O=c1ccc2c(F)cc(F)cc2n1CCN1CCC(NCc2ccc3c(n2)NCCC3)CC1. The third kappa shape index (κ3) is 9.43. The molecule has 2 aromatic carbocycles. The zero-order valence-electron chi connectivity index (χ0n) is 30.9. The summed E-state index contributed by atoms with van der Waals surface area (Å²) >= 11 is 0. The van der Waals surface area contributed by atoms with Crippen LogP contribution < -0.4 is 27.5 Å². The van der Waals surface area contributed by atoms with Crippen molar-refractivity contribution in [3.63, 3.8) is 0 Å². The molecule has 2 saturated heterocycles. The van der Waals surface area contributed by atoms with Crippen molar-refractivity contribution >= 4 is 27.6 Å². The fourth-order valence-electron chi connectivity index (χ4n) is 7.84. The number of aromatic nitrogens is 3. The van der Waals surface area contributed by atoms with Crippen LogP contribution in [0.15, 0.2) is 70.3 Å². The van der Waals surface area contributed by atoms with Gasteiger partial charge < -0.3 is 35.3 Å². The van der Waals surface area contributed by atoms with E-state index in [1.807, 2.05) is 0 Å². The first-order valence-corrected chi connectivity index (χ1v) is 19.2. The van der Waals surface area contributed by atoms with Crippen molar-refractivity contribution in [3.8, 4) is 0 Å². The van der Waals surface area contributed by atoms with E-state index in [9.17, 15) is 27.2 Å². The van der Waals surface area contributed by atoms with Gasteiger partial charge >= 0.3 is 0 Å². The summed E-state index contributed by atoms with van der Waals surface area (Å²) in [6, 6.07) is 14.6. The summed E-state index contributed by atoms with van der Waals surface area (Å²) in [7, 11) is 0. The smallest absolute Gasteiger partial charge is 0.251 e. The zero-order valence-corrected chi connectivity index (χ0v) is 30.9. The minimum atomic E-state index is -0.673. The molecule has 0 amide bonds. The Kier molecular flexibility index (Phi) is 12.3. The summed E-state index contributed by atoms with van der Waals surface area (Å²) in [5, 5.41) is 7.55. The second-order valence-electron chi connectivity index (χ2n) is 14.8. The fraction of sp³-hybridized carbons (Fsp3) is 0.439. The standard InChI is InChI=1S/C25H29F2N5O.C16H19F2N3O/c26-18-14-22(27)21-5-6-24(33)32(23(21)15-18)13-12-31-10-7-19(8-11-31)29-16-20-4-3-17-2-1-9-28-25(17)30-20;17-11-9-14(18)13-1-2-16(22)21(15(13)10-11)8-7-20-5-3-12(19)4-6-20/h3-6,14-15,19,29H,1-2,7-13,16H2,(H,28,30);1-2,9-10,12H,3-8,19H2. The van der Waals surface area contributed by atoms with Gasteiger partial charge in [0.05, 0.1) is 16.7 Å². The first-order chi connectivity index (χ1) is 26.6.